The molecule has 1 amide bonds. The molecule has 0 aliphatic carbocycles. The Morgan fingerprint density at radius 2 is 2.24 bits per heavy atom. The van der Waals surface area contributed by atoms with Crippen molar-refractivity contribution in [2.75, 3.05) is 17.6 Å². The summed E-state index contributed by atoms with van der Waals surface area (Å²) >= 11 is 0. The molecular formula is C11H19N5O. The number of unbranched alkanes of at least 4 members (excludes halogenated alkanes) is 1. The van der Waals surface area contributed by atoms with E-state index in [1.54, 1.807) is 12.3 Å². The Bertz CT molecular complexity index is 369. The Kier molecular flexibility index (Phi) is 5.38. The lowest BCUT2D eigenvalue weighted by molar-refractivity contribution is -0.117. The Balaban J connectivity index is 2.46. The Morgan fingerprint density at radius 1 is 1.47 bits per heavy atom. The molecule has 0 aliphatic heterocycles. The molecule has 0 spiro atoms. The lowest BCUT2D eigenvalue weighted by Crippen LogP contribution is -2.35. The molecule has 0 bridgehead atoms. The fraction of sp³-hybridized carbons (Fsp3) is 0.455. The summed E-state index contributed by atoms with van der Waals surface area (Å²) in [6.45, 7) is 0.617. The molecule has 1 aromatic rings. The van der Waals surface area contributed by atoms with Gasteiger partial charge in [0, 0.05) is 6.20 Å². The van der Waals surface area contributed by atoms with E-state index in [1.165, 1.54) is 6.20 Å². The molecule has 1 rings (SSSR count). The highest BCUT2D eigenvalue weighted by Gasteiger charge is 2.13. The molecule has 1 atom stereocenters. The number of pyridine rings is 1. The van der Waals surface area contributed by atoms with E-state index in [9.17, 15) is 4.79 Å². The molecule has 1 unspecified atom stereocenters. The first kappa shape index (κ1) is 13.4. The third kappa shape index (κ3) is 4.38. The first-order valence-corrected chi connectivity index (χ1v) is 5.61. The predicted molar refractivity (Wildman–Crippen MR) is 68.2 cm³/mol. The van der Waals surface area contributed by atoms with E-state index in [1.807, 2.05) is 0 Å². The third-order valence-corrected chi connectivity index (χ3v) is 2.42. The van der Waals surface area contributed by atoms with Gasteiger partial charge in [0.15, 0.2) is 0 Å². The van der Waals surface area contributed by atoms with Crippen molar-refractivity contribution in [3.05, 3.63) is 18.5 Å². The number of amides is 1. The molecule has 6 nitrogen and oxygen atoms in total. The summed E-state index contributed by atoms with van der Waals surface area (Å²) < 4.78 is 0. The molecule has 0 aliphatic rings. The van der Waals surface area contributed by atoms with Gasteiger partial charge in [0.1, 0.15) is 0 Å². The van der Waals surface area contributed by atoms with Crippen LogP contribution in [0.25, 0.3) is 0 Å². The molecule has 94 valence electrons. The van der Waals surface area contributed by atoms with Gasteiger partial charge in [0.25, 0.3) is 0 Å². The molecule has 1 aromatic heterocycles. The van der Waals surface area contributed by atoms with Gasteiger partial charge < -0.3 is 22.5 Å². The molecule has 0 aromatic carbocycles. The van der Waals surface area contributed by atoms with E-state index in [2.05, 4.69) is 10.3 Å². The second-order valence-corrected chi connectivity index (χ2v) is 3.84. The molecule has 0 saturated heterocycles. The number of nitrogens with one attached hydrogen (secondary N) is 1. The topological polar surface area (TPSA) is 120 Å². The second kappa shape index (κ2) is 6.82. The first-order chi connectivity index (χ1) is 8.15. The number of nitrogens with two attached hydrogens (primary N) is 3. The number of nitrogens with zero attached hydrogens (tertiary/aromatic N) is 1. The van der Waals surface area contributed by atoms with E-state index >= 15 is 0 Å². The van der Waals surface area contributed by atoms with Gasteiger partial charge in [-0.15, -0.1) is 0 Å². The van der Waals surface area contributed by atoms with Crippen molar-refractivity contribution in [1.82, 2.24) is 4.98 Å². The highest BCUT2D eigenvalue weighted by molar-refractivity contribution is 5.96. The molecule has 6 heteroatoms. The van der Waals surface area contributed by atoms with E-state index in [4.69, 9.17) is 17.2 Å². The highest BCUT2D eigenvalue weighted by Crippen LogP contribution is 2.15. The van der Waals surface area contributed by atoms with Crippen LogP contribution in [0.4, 0.5) is 11.4 Å². The molecule has 7 N–H and O–H groups in total. The van der Waals surface area contributed by atoms with Crippen LogP contribution >= 0.6 is 0 Å². The molecular weight excluding hydrogens is 218 g/mol. The quantitative estimate of drug-likeness (QED) is 0.521. The number of hydrogen-bond donors (Lipinski definition) is 4. The van der Waals surface area contributed by atoms with Gasteiger partial charge in [0.05, 0.1) is 23.6 Å². The van der Waals surface area contributed by atoms with Crippen LogP contribution < -0.4 is 22.5 Å². The maximum Gasteiger partial charge on any atom is 0.241 e. The monoisotopic (exact) mass is 237 g/mol. The van der Waals surface area contributed by atoms with Gasteiger partial charge in [-0.25, -0.2) is 0 Å². The summed E-state index contributed by atoms with van der Waals surface area (Å²) in [6.07, 6.45) is 5.38. The summed E-state index contributed by atoms with van der Waals surface area (Å²) in [4.78, 5) is 15.6. The zero-order chi connectivity index (χ0) is 12.7. The zero-order valence-corrected chi connectivity index (χ0v) is 9.73. The number of nitrogen functional groups attached to an aromatic ring is 1. The van der Waals surface area contributed by atoms with Crippen molar-refractivity contribution in [2.24, 2.45) is 11.5 Å². The fourth-order valence-electron chi connectivity index (χ4n) is 1.39. The number of rotatable bonds is 6. The van der Waals surface area contributed by atoms with Crippen LogP contribution in [0.15, 0.2) is 18.5 Å². The first-order valence-electron chi connectivity index (χ1n) is 5.61. The van der Waals surface area contributed by atoms with Crippen LogP contribution in [-0.4, -0.2) is 23.5 Å². The van der Waals surface area contributed by atoms with Crippen molar-refractivity contribution >= 4 is 17.3 Å². The lowest BCUT2D eigenvalue weighted by Gasteiger charge is -2.12. The van der Waals surface area contributed by atoms with Gasteiger partial charge in [-0.05, 0) is 25.5 Å². The third-order valence-electron chi connectivity index (χ3n) is 2.42. The second-order valence-electron chi connectivity index (χ2n) is 3.84. The van der Waals surface area contributed by atoms with Crippen LogP contribution in [0, 0.1) is 0 Å². The summed E-state index contributed by atoms with van der Waals surface area (Å²) in [5, 5.41) is 2.68. The number of anilines is 2. The Labute approximate surface area is 101 Å². The SMILES string of the molecule is NCCCCC(N)C(=O)Nc1ccncc1N. The fourth-order valence-corrected chi connectivity index (χ4v) is 1.39. The van der Waals surface area contributed by atoms with E-state index in [0.717, 1.165) is 12.8 Å². The summed E-state index contributed by atoms with van der Waals surface area (Å²) in [5.41, 5.74) is 17.7. The van der Waals surface area contributed by atoms with Gasteiger partial charge in [-0.3, -0.25) is 9.78 Å². The Hall–Kier alpha value is -1.66. The average Bonchev–Trinajstić information content (AvgIpc) is 2.32. The molecule has 1 heterocycles. The van der Waals surface area contributed by atoms with Gasteiger partial charge >= 0.3 is 0 Å². The maximum absolute atomic E-state index is 11.7. The van der Waals surface area contributed by atoms with Crippen LogP contribution in [0.2, 0.25) is 0 Å². The molecule has 0 fully saturated rings. The Morgan fingerprint density at radius 3 is 2.88 bits per heavy atom. The van der Waals surface area contributed by atoms with Crippen LogP contribution in [0.1, 0.15) is 19.3 Å². The van der Waals surface area contributed by atoms with Crippen molar-refractivity contribution < 1.29 is 4.79 Å². The summed E-state index contributed by atoms with van der Waals surface area (Å²) in [5.74, 6) is -0.236. The summed E-state index contributed by atoms with van der Waals surface area (Å²) in [6, 6.07) is 1.11. The maximum atomic E-state index is 11.7. The highest BCUT2D eigenvalue weighted by atomic mass is 16.2. The molecule has 0 radical (unpaired) electrons. The van der Waals surface area contributed by atoms with E-state index in [-0.39, 0.29) is 5.91 Å². The zero-order valence-electron chi connectivity index (χ0n) is 9.73. The van der Waals surface area contributed by atoms with Gasteiger partial charge in [0.2, 0.25) is 5.91 Å². The average molecular weight is 237 g/mol. The van der Waals surface area contributed by atoms with Gasteiger partial charge in [-0.2, -0.15) is 0 Å². The van der Waals surface area contributed by atoms with Gasteiger partial charge in [-0.1, -0.05) is 6.42 Å². The standard InChI is InChI=1S/C11H19N5O/c12-5-2-1-3-8(13)11(17)16-10-4-6-15-7-9(10)14/h4,6-8H,1-3,5,12-14H2,(H,15,16,17). The molecule has 17 heavy (non-hydrogen) atoms. The van der Waals surface area contributed by atoms with E-state index in [0.29, 0.717) is 24.3 Å². The van der Waals surface area contributed by atoms with Crippen LogP contribution in [0.3, 0.4) is 0 Å². The predicted octanol–water partition coefficient (Wildman–Crippen LogP) is 0.0586. The number of carbonyl (C=O) groups is 1. The minimum atomic E-state index is -0.533. The van der Waals surface area contributed by atoms with Crippen LogP contribution in [-0.2, 0) is 4.79 Å². The minimum absolute atomic E-state index is 0.236. The number of aromatic nitrogens is 1. The number of hydrogen-bond acceptors (Lipinski definition) is 5. The normalized spacial score (nSPS) is 12.1. The van der Waals surface area contributed by atoms with Crippen molar-refractivity contribution in [1.29, 1.82) is 0 Å². The van der Waals surface area contributed by atoms with Crippen molar-refractivity contribution in [2.45, 2.75) is 25.3 Å². The largest absolute Gasteiger partial charge is 0.396 e. The van der Waals surface area contributed by atoms with Crippen LogP contribution in [0.5, 0.6) is 0 Å². The number of carbonyl (C=O) groups excluding carboxylic acids is 1. The smallest absolute Gasteiger partial charge is 0.241 e. The molecule has 0 saturated carbocycles. The minimum Gasteiger partial charge on any atom is -0.396 e. The lowest BCUT2D eigenvalue weighted by atomic mass is 10.1. The summed E-state index contributed by atoms with van der Waals surface area (Å²) in [7, 11) is 0. The van der Waals surface area contributed by atoms with Crippen molar-refractivity contribution in [3.63, 3.8) is 0 Å². The van der Waals surface area contributed by atoms with Crippen molar-refractivity contribution in [3.8, 4) is 0 Å². The van der Waals surface area contributed by atoms with E-state index < -0.39 is 6.04 Å².